The van der Waals surface area contributed by atoms with Gasteiger partial charge in [-0.25, -0.2) is 14.2 Å². The average Bonchev–Trinajstić information content (AvgIpc) is 3.38. The number of hydrazone groups is 1. The summed E-state index contributed by atoms with van der Waals surface area (Å²) in [5.41, 5.74) is 4.24. The van der Waals surface area contributed by atoms with E-state index in [9.17, 15) is 9.18 Å². The largest absolute Gasteiger partial charge is 0.487 e. The van der Waals surface area contributed by atoms with Gasteiger partial charge in [-0.05, 0) is 37.7 Å². The Morgan fingerprint density at radius 2 is 1.95 bits per heavy atom. The van der Waals surface area contributed by atoms with Crippen LogP contribution in [0.3, 0.4) is 0 Å². The standard InChI is InChI=1S/C26H26F2N8O2/c1-15-14-38-24-21-18(11-20(28)22(24)35-9-7-34(2)8-10-35)23(37)19(13-36(15)21)25-30-26(33-31-25)32-29-12-16-3-5-17(27)6-4-16/h3-6,11-13,15H,7-10,14H2,1-2H3,(H2,30,31,32,33)/b29-12+. The maximum absolute atomic E-state index is 15.6. The molecule has 38 heavy (non-hydrogen) atoms. The molecular formula is C26H26F2N8O2. The highest BCUT2D eigenvalue weighted by molar-refractivity contribution is 5.94. The minimum Gasteiger partial charge on any atom is -0.487 e. The van der Waals surface area contributed by atoms with Crippen molar-refractivity contribution in [2.24, 2.45) is 5.10 Å². The fourth-order valence-electron chi connectivity index (χ4n) is 4.85. The highest BCUT2D eigenvalue weighted by atomic mass is 19.1. The van der Waals surface area contributed by atoms with E-state index in [4.69, 9.17) is 4.74 Å². The highest BCUT2D eigenvalue weighted by Gasteiger charge is 2.30. The first kappa shape index (κ1) is 24.0. The van der Waals surface area contributed by atoms with Gasteiger partial charge in [0.2, 0.25) is 5.43 Å². The molecule has 2 aromatic carbocycles. The number of rotatable bonds is 5. The van der Waals surface area contributed by atoms with Gasteiger partial charge in [0.15, 0.2) is 17.4 Å². The van der Waals surface area contributed by atoms with E-state index in [1.165, 1.54) is 24.4 Å². The molecule has 6 rings (SSSR count). The fourth-order valence-corrected chi connectivity index (χ4v) is 4.85. The number of aromatic nitrogens is 4. The second-order valence-corrected chi connectivity index (χ2v) is 9.59. The number of hydrogen-bond acceptors (Lipinski definition) is 8. The number of pyridine rings is 1. The van der Waals surface area contributed by atoms with Gasteiger partial charge in [-0.15, -0.1) is 5.10 Å². The van der Waals surface area contributed by atoms with Crippen molar-refractivity contribution in [3.05, 3.63) is 63.9 Å². The smallest absolute Gasteiger partial charge is 0.262 e. The van der Waals surface area contributed by atoms with Crippen molar-refractivity contribution in [3.8, 4) is 17.1 Å². The topological polar surface area (TPSA) is 104 Å². The molecule has 196 valence electrons. The van der Waals surface area contributed by atoms with Crippen LogP contribution in [0.4, 0.5) is 20.4 Å². The monoisotopic (exact) mass is 520 g/mol. The van der Waals surface area contributed by atoms with Gasteiger partial charge in [-0.3, -0.25) is 9.89 Å². The van der Waals surface area contributed by atoms with Crippen molar-refractivity contribution < 1.29 is 13.5 Å². The zero-order valence-corrected chi connectivity index (χ0v) is 20.9. The summed E-state index contributed by atoms with van der Waals surface area (Å²) in [5.74, 6) is -0.0456. The third kappa shape index (κ3) is 4.26. The Bertz CT molecular complexity index is 1590. The second-order valence-electron chi connectivity index (χ2n) is 9.59. The lowest BCUT2D eigenvalue weighted by molar-refractivity contribution is 0.245. The van der Waals surface area contributed by atoms with E-state index in [0.29, 0.717) is 42.2 Å². The zero-order chi connectivity index (χ0) is 26.4. The van der Waals surface area contributed by atoms with E-state index in [-0.39, 0.29) is 40.0 Å². The molecular weight excluding hydrogens is 494 g/mol. The molecule has 2 aliphatic heterocycles. The van der Waals surface area contributed by atoms with Crippen LogP contribution in [0.2, 0.25) is 0 Å². The van der Waals surface area contributed by atoms with Crippen LogP contribution in [0, 0.1) is 11.6 Å². The maximum atomic E-state index is 15.6. The lowest BCUT2D eigenvalue weighted by Crippen LogP contribution is -2.45. The van der Waals surface area contributed by atoms with Crippen molar-refractivity contribution in [3.63, 3.8) is 0 Å². The number of H-pyrrole nitrogens is 1. The maximum Gasteiger partial charge on any atom is 0.262 e. The van der Waals surface area contributed by atoms with E-state index >= 15 is 4.39 Å². The summed E-state index contributed by atoms with van der Waals surface area (Å²) < 4.78 is 36.6. The molecule has 1 saturated heterocycles. The highest BCUT2D eigenvalue weighted by Crippen LogP contribution is 2.42. The summed E-state index contributed by atoms with van der Waals surface area (Å²) in [4.78, 5) is 22.1. The molecule has 0 radical (unpaired) electrons. The predicted molar refractivity (Wildman–Crippen MR) is 141 cm³/mol. The molecule has 0 spiro atoms. The van der Waals surface area contributed by atoms with E-state index in [0.717, 1.165) is 13.1 Å². The number of ether oxygens (including phenoxy) is 1. The van der Waals surface area contributed by atoms with Crippen LogP contribution in [0.1, 0.15) is 18.5 Å². The van der Waals surface area contributed by atoms with Gasteiger partial charge in [0.1, 0.15) is 18.1 Å². The molecule has 0 saturated carbocycles. The molecule has 10 nitrogen and oxygen atoms in total. The van der Waals surface area contributed by atoms with Crippen LogP contribution in [0.25, 0.3) is 22.3 Å². The number of halogens is 2. The van der Waals surface area contributed by atoms with Crippen LogP contribution >= 0.6 is 0 Å². The van der Waals surface area contributed by atoms with E-state index in [2.05, 4.69) is 30.6 Å². The summed E-state index contributed by atoms with van der Waals surface area (Å²) in [6, 6.07) is 7.05. The first-order chi connectivity index (χ1) is 18.4. The number of nitrogens with zero attached hydrogens (tertiary/aromatic N) is 6. The van der Waals surface area contributed by atoms with E-state index in [1.54, 1.807) is 18.3 Å². The third-order valence-corrected chi connectivity index (χ3v) is 6.95. The van der Waals surface area contributed by atoms with Gasteiger partial charge >= 0.3 is 0 Å². The summed E-state index contributed by atoms with van der Waals surface area (Å²) >= 11 is 0. The summed E-state index contributed by atoms with van der Waals surface area (Å²) in [5, 5.41) is 11.1. The zero-order valence-electron chi connectivity index (χ0n) is 20.9. The summed E-state index contributed by atoms with van der Waals surface area (Å²) in [7, 11) is 2.04. The predicted octanol–water partition coefficient (Wildman–Crippen LogP) is 3.22. The number of nitrogens with one attached hydrogen (secondary N) is 2. The molecule has 1 unspecified atom stereocenters. The Morgan fingerprint density at radius 3 is 2.71 bits per heavy atom. The van der Waals surface area contributed by atoms with E-state index < -0.39 is 5.82 Å². The van der Waals surface area contributed by atoms with Crippen LogP contribution in [-0.2, 0) is 0 Å². The molecule has 1 fully saturated rings. The second kappa shape index (κ2) is 9.53. The molecule has 4 aromatic rings. The molecule has 2 aliphatic rings. The van der Waals surface area contributed by atoms with Gasteiger partial charge in [0.25, 0.3) is 5.95 Å². The number of hydrogen-bond donors (Lipinski definition) is 2. The third-order valence-electron chi connectivity index (χ3n) is 6.95. The van der Waals surface area contributed by atoms with Crippen molar-refractivity contribution in [2.75, 3.05) is 50.2 Å². The molecule has 0 bridgehead atoms. The van der Waals surface area contributed by atoms with Crippen molar-refractivity contribution in [2.45, 2.75) is 13.0 Å². The van der Waals surface area contributed by atoms with Crippen LogP contribution in [0.15, 0.2) is 46.4 Å². The minimum atomic E-state index is -0.484. The van der Waals surface area contributed by atoms with Gasteiger partial charge in [-0.1, -0.05) is 12.1 Å². The molecule has 1 atom stereocenters. The first-order valence-electron chi connectivity index (χ1n) is 12.3. The number of anilines is 2. The molecule has 0 aliphatic carbocycles. The Labute approximate surface area is 216 Å². The number of likely N-dealkylation sites (N-methyl/N-ethyl adjacent to an activating group) is 1. The Morgan fingerprint density at radius 1 is 1.18 bits per heavy atom. The summed E-state index contributed by atoms with van der Waals surface area (Å²) in [6.07, 6.45) is 3.22. The van der Waals surface area contributed by atoms with Crippen LogP contribution < -0.4 is 20.5 Å². The summed E-state index contributed by atoms with van der Waals surface area (Å²) in [6.45, 7) is 5.29. The molecule has 12 heteroatoms. The molecule has 0 amide bonds. The first-order valence-corrected chi connectivity index (χ1v) is 12.3. The SMILES string of the molecule is CC1COc2c(N3CCN(C)CC3)c(F)cc3c(=O)c(-c4nc(N/N=C/c5ccc(F)cc5)n[nH]4)cn1c23. The lowest BCUT2D eigenvalue weighted by Gasteiger charge is -2.37. The van der Waals surface area contributed by atoms with Gasteiger partial charge in [-0.2, -0.15) is 10.1 Å². The number of benzene rings is 2. The Hall–Kier alpha value is -4.32. The fraction of sp³-hybridized carbons (Fsp3) is 0.308. The number of piperazine rings is 1. The van der Waals surface area contributed by atoms with Crippen molar-refractivity contribution in [1.29, 1.82) is 0 Å². The molecule has 2 N–H and O–H groups in total. The van der Waals surface area contributed by atoms with Crippen molar-refractivity contribution >= 4 is 28.8 Å². The van der Waals surface area contributed by atoms with Gasteiger partial charge in [0, 0.05) is 32.4 Å². The molecule has 4 heterocycles. The Balaban J connectivity index is 1.36. The van der Waals surface area contributed by atoms with E-state index in [1.807, 2.05) is 23.4 Å². The number of aromatic amines is 1. The normalized spacial score (nSPS) is 17.8. The molecule has 2 aromatic heterocycles. The van der Waals surface area contributed by atoms with Gasteiger partial charge in [0.05, 0.1) is 28.7 Å². The minimum absolute atomic E-state index is 0.0871. The quantitative estimate of drug-likeness (QED) is 0.308. The Kier molecular flexibility index (Phi) is 6.03. The van der Waals surface area contributed by atoms with Crippen LogP contribution in [-0.4, -0.2) is 70.7 Å². The van der Waals surface area contributed by atoms with Gasteiger partial charge < -0.3 is 19.1 Å². The average molecular weight is 521 g/mol. The lowest BCUT2D eigenvalue weighted by atomic mass is 10.0. The van der Waals surface area contributed by atoms with Crippen molar-refractivity contribution in [1.82, 2.24) is 24.6 Å². The van der Waals surface area contributed by atoms with Crippen LogP contribution in [0.5, 0.6) is 5.75 Å².